The predicted molar refractivity (Wildman–Crippen MR) is 59.7 cm³/mol. The third kappa shape index (κ3) is 9.69. The van der Waals surface area contributed by atoms with Gasteiger partial charge in [0.05, 0.1) is 13.5 Å². The molecule has 1 unspecified atom stereocenters. The molecule has 0 saturated carbocycles. The molecule has 0 rings (SSSR count). The Morgan fingerprint density at radius 2 is 2.00 bits per heavy atom. The van der Waals surface area contributed by atoms with E-state index in [4.69, 9.17) is 5.11 Å². The molecular formula is C11H23NO3. The maximum atomic E-state index is 10.9. The van der Waals surface area contributed by atoms with Gasteiger partial charge in [0.15, 0.2) is 0 Å². The minimum atomic E-state index is -0.171. The van der Waals surface area contributed by atoms with Gasteiger partial charge in [-0.25, -0.2) is 0 Å². The average molecular weight is 217 g/mol. The van der Waals surface area contributed by atoms with Gasteiger partial charge in [-0.2, -0.15) is 0 Å². The van der Waals surface area contributed by atoms with Crippen molar-refractivity contribution in [1.29, 1.82) is 0 Å². The molecule has 0 spiro atoms. The van der Waals surface area contributed by atoms with E-state index in [1.165, 1.54) is 7.11 Å². The van der Waals surface area contributed by atoms with E-state index >= 15 is 0 Å². The highest BCUT2D eigenvalue weighted by atomic mass is 16.5. The van der Waals surface area contributed by atoms with E-state index < -0.39 is 0 Å². The van der Waals surface area contributed by atoms with Crippen molar-refractivity contribution >= 4 is 5.97 Å². The lowest BCUT2D eigenvalue weighted by Crippen LogP contribution is -2.29. The van der Waals surface area contributed by atoms with Gasteiger partial charge in [-0.15, -0.1) is 0 Å². The summed E-state index contributed by atoms with van der Waals surface area (Å²) in [7, 11) is 1.41. The van der Waals surface area contributed by atoms with Gasteiger partial charge >= 0.3 is 5.97 Å². The molecule has 0 aromatic carbocycles. The standard InChI is InChI=1S/C11H23NO3/c1-10(9-11(14)15-2)12-7-5-3-4-6-8-13/h10,12-13H,3-9H2,1-2H3. The normalized spacial score (nSPS) is 12.5. The molecule has 4 nitrogen and oxygen atoms in total. The summed E-state index contributed by atoms with van der Waals surface area (Å²) in [5.74, 6) is -0.171. The number of nitrogens with one attached hydrogen (secondary N) is 1. The summed E-state index contributed by atoms with van der Waals surface area (Å²) in [6.45, 7) is 3.18. The van der Waals surface area contributed by atoms with Crippen LogP contribution in [-0.2, 0) is 9.53 Å². The lowest BCUT2D eigenvalue weighted by molar-refractivity contribution is -0.141. The lowest BCUT2D eigenvalue weighted by atomic mass is 10.2. The van der Waals surface area contributed by atoms with Crippen LogP contribution < -0.4 is 5.32 Å². The molecule has 0 aromatic rings. The number of hydrogen-bond donors (Lipinski definition) is 2. The first kappa shape index (κ1) is 14.4. The van der Waals surface area contributed by atoms with E-state index in [9.17, 15) is 4.79 Å². The van der Waals surface area contributed by atoms with Crippen LogP contribution in [0.1, 0.15) is 39.0 Å². The molecule has 2 N–H and O–H groups in total. The van der Waals surface area contributed by atoms with Crippen molar-refractivity contribution < 1.29 is 14.6 Å². The first-order chi connectivity index (χ1) is 7.20. The van der Waals surface area contributed by atoms with Gasteiger partial charge in [0.1, 0.15) is 0 Å². The molecule has 0 amide bonds. The Balaban J connectivity index is 3.23. The van der Waals surface area contributed by atoms with Gasteiger partial charge in [0.25, 0.3) is 0 Å². The van der Waals surface area contributed by atoms with E-state index in [0.29, 0.717) is 6.42 Å². The fourth-order valence-electron chi connectivity index (χ4n) is 1.34. The zero-order valence-corrected chi connectivity index (χ0v) is 9.79. The van der Waals surface area contributed by atoms with Crippen LogP contribution in [0.15, 0.2) is 0 Å². The fraction of sp³-hybridized carbons (Fsp3) is 0.909. The summed E-state index contributed by atoms with van der Waals surface area (Å²) in [5.41, 5.74) is 0. The summed E-state index contributed by atoms with van der Waals surface area (Å²) in [6.07, 6.45) is 4.60. The Morgan fingerprint density at radius 3 is 2.60 bits per heavy atom. The number of ether oxygens (including phenoxy) is 1. The summed E-state index contributed by atoms with van der Waals surface area (Å²) in [6, 6.07) is 0.176. The van der Waals surface area contributed by atoms with E-state index in [0.717, 1.165) is 32.2 Å². The Hall–Kier alpha value is -0.610. The summed E-state index contributed by atoms with van der Waals surface area (Å²) < 4.78 is 4.57. The number of rotatable bonds is 9. The monoisotopic (exact) mass is 217 g/mol. The van der Waals surface area contributed by atoms with Crippen molar-refractivity contribution in [2.75, 3.05) is 20.3 Å². The van der Waals surface area contributed by atoms with Gasteiger partial charge in [0, 0.05) is 12.6 Å². The summed E-state index contributed by atoms with van der Waals surface area (Å²) >= 11 is 0. The van der Waals surface area contributed by atoms with Crippen LogP contribution in [0.5, 0.6) is 0 Å². The highest BCUT2D eigenvalue weighted by Gasteiger charge is 2.07. The minimum absolute atomic E-state index is 0.171. The molecule has 0 aliphatic rings. The molecule has 15 heavy (non-hydrogen) atoms. The third-order valence-corrected chi connectivity index (χ3v) is 2.28. The second-order valence-corrected chi connectivity index (χ2v) is 3.77. The lowest BCUT2D eigenvalue weighted by Gasteiger charge is -2.11. The second kappa shape index (κ2) is 9.93. The zero-order valence-electron chi connectivity index (χ0n) is 9.79. The molecule has 4 heteroatoms. The molecule has 0 saturated heterocycles. The van der Waals surface area contributed by atoms with Gasteiger partial charge in [-0.3, -0.25) is 4.79 Å². The number of aliphatic hydroxyl groups excluding tert-OH is 1. The first-order valence-corrected chi connectivity index (χ1v) is 5.61. The van der Waals surface area contributed by atoms with Crippen LogP contribution in [0.4, 0.5) is 0 Å². The van der Waals surface area contributed by atoms with E-state index in [1.807, 2.05) is 6.92 Å². The van der Waals surface area contributed by atoms with Crippen LogP contribution in [0.25, 0.3) is 0 Å². The van der Waals surface area contributed by atoms with Crippen molar-refractivity contribution in [3.05, 3.63) is 0 Å². The van der Waals surface area contributed by atoms with Crippen LogP contribution in [-0.4, -0.2) is 37.4 Å². The number of methoxy groups -OCH3 is 1. The number of carbonyl (C=O) groups is 1. The number of carbonyl (C=O) groups excluding carboxylic acids is 1. The number of hydrogen-bond acceptors (Lipinski definition) is 4. The quantitative estimate of drug-likeness (QED) is 0.448. The molecule has 0 aliphatic carbocycles. The number of esters is 1. The van der Waals surface area contributed by atoms with Crippen molar-refractivity contribution in [2.24, 2.45) is 0 Å². The highest BCUT2D eigenvalue weighted by molar-refractivity contribution is 5.69. The van der Waals surface area contributed by atoms with Crippen molar-refractivity contribution in [3.8, 4) is 0 Å². The number of aliphatic hydroxyl groups is 1. The fourth-order valence-corrected chi connectivity index (χ4v) is 1.34. The molecule has 0 fully saturated rings. The molecule has 0 radical (unpaired) electrons. The maximum Gasteiger partial charge on any atom is 0.307 e. The summed E-state index contributed by atoms with van der Waals surface area (Å²) in [4.78, 5) is 10.9. The Bertz CT molecular complexity index is 162. The molecule has 0 bridgehead atoms. The van der Waals surface area contributed by atoms with E-state index in [2.05, 4.69) is 10.1 Å². The van der Waals surface area contributed by atoms with E-state index in [1.54, 1.807) is 0 Å². The minimum Gasteiger partial charge on any atom is -0.469 e. The van der Waals surface area contributed by atoms with Crippen LogP contribution in [0.3, 0.4) is 0 Å². The topological polar surface area (TPSA) is 58.6 Å². The molecule has 0 heterocycles. The summed E-state index contributed by atoms with van der Waals surface area (Å²) in [5, 5.41) is 11.8. The third-order valence-electron chi connectivity index (χ3n) is 2.28. The molecule has 1 atom stereocenters. The maximum absolute atomic E-state index is 10.9. The van der Waals surface area contributed by atoms with Crippen LogP contribution in [0.2, 0.25) is 0 Å². The van der Waals surface area contributed by atoms with Crippen molar-refractivity contribution in [1.82, 2.24) is 5.32 Å². The Labute approximate surface area is 92.0 Å². The largest absolute Gasteiger partial charge is 0.469 e. The number of unbranched alkanes of at least 4 members (excludes halogenated alkanes) is 3. The SMILES string of the molecule is COC(=O)CC(C)NCCCCCCO. The van der Waals surface area contributed by atoms with Gasteiger partial charge < -0.3 is 15.2 Å². The molecule has 90 valence electrons. The Kier molecular flexibility index (Phi) is 9.52. The Morgan fingerprint density at radius 1 is 1.33 bits per heavy atom. The van der Waals surface area contributed by atoms with E-state index in [-0.39, 0.29) is 18.6 Å². The zero-order chi connectivity index (χ0) is 11.5. The van der Waals surface area contributed by atoms with Gasteiger partial charge in [0.2, 0.25) is 0 Å². The van der Waals surface area contributed by atoms with Gasteiger partial charge in [-0.1, -0.05) is 12.8 Å². The van der Waals surface area contributed by atoms with Crippen LogP contribution >= 0.6 is 0 Å². The first-order valence-electron chi connectivity index (χ1n) is 5.61. The average Bonchev–Trinajstić information content (AvgIpc) is 2.23. The predicted octanol–water partition coefficient (Wildman–Crippen LogP) is 1.08. The van der Waals surface area contributed by atoms with Crippen molar-refractivity contribution in [3.63, 3.8) is 0 Å². The highest BCUT2D eigenvalue weighted by Crippen LogP contribution is 1.99. The van der Waals surface area contributed by atoms with Crippen molar-refractivity contribution in [2.45, 2.75) is 45.1 Å². The van der Waals surface area contributed by atoms with Crippen LogP contribution in [0, 0.1) is 0 Å². The van der Waals surface area contributed by atoms with Gasteiger partial charge in [-0.05, 0) is 26.3 Å². The molecule has 0 aliphatic heterocycles. The molecule has 0 aromatic heterocycles. The smallest absolute Gasteiger partial charge is 0.307 e. The molecular weight excluding hydrogens is 194 g/mol. The second-order valence-electron chi connectivity index (χ2n) is 3.77.